The molecule has 7 nitrogen and oxygen atoms in total. The lowest BCUT2D eigenvalue weighted by Crippen LogP contribution is -2.48. The Balaban J connectivity index is 1.75. The van der Waals surface area contributed by atoms with Gasteiger partial charge in [-0.2, -0.15) is 0 Å². The Hall–Kier alpha value is -2.96. The fourth-order valence-corrected chi connectivity index (χ4v) is 3.00. The van der Waals surface area contributed by atoms with Crippen LogP contribution in [0.3, 0.4) is 0 Å². The van der Waals surface area contributed by atoms with Crippen LogP contribution < -0.4 is 10.2 Å². The van der Waals surface area contributed by atoms with Gasteiger partial charge in [-0.15, -0.1) is 0 Å². The number of carbonyl (C=O) groups excluding carboxylic acids is 2. The molecule has 0 unspecified atom stereocenters. The van der Waals surface area contributed by atoms with Crippen LogP contribution in [0.5, 0.6) is 0 Å². The standard InChI is InChI=1S/C19H23N5O2/c1-13-5-4-6-16(11-13)22-19(26)17-12-18(21-14(2)20-17)24-9-7-23(8-10-24)15(3)25/h4-6,11-12H,7-10H2,1-3H3,(H,22,26). The lowest BCUT2D eigenvalue weighted by atomic mass is 10.2. The van der Waals surface area contributed by atoms with Crippen molar-refractivity contribution in [3.63, 3.8) is 0 Å². The summed E-state index contributed by atoms with van der Waals surface area (Å²) in [5.74, 6) is 1.09. The van der Waals surface area contributed by atoms with Gasteiger partial charge in [0.15, 0.2) is 0 Å². The summed E-state index contributed by atoms with van der Waals surface area (Å²) < 4.78 is 0. The van der Waals surface area contributed by atoms with Crippen LogP contribution in [0.1, 0.15) is 28.8 Å². The van der Waals surface area contributed by atoms with Gasteiger partial charge >= 0.3 is 0 Å². The number of amides is 2. The maximum absolute atomic E-state index is 12.6. The summed E-state index contributed by atoms with van der Waals surface area (Å²) in [5.41, 5.74) is 2.15. The number of nitrogens with zero attached hydrogens (tertiary/aromatic N) is 4. The zero-order valence-corrected chi connectivity index (χ0v) is 15.3. The molecule has 136 valence electrons. The molecule has 0 saturated carbocycles. The van der Waals surface area contributed by atoms with E-state index in [1.54, 1.807) is 19.9 Å². The van der Waals surface area contributed by atoms with E-state index in [9.17, 15) is 9.59 Å². The molecule has 1 fully saturated rings. The third-order valence-electron chi connectivity index (χ3n) is 4.38. The van der Waals surface area contributed by atoms with Crippen molar-refractivity contribution in [1.82, 2.24) is 14.9 Å². The summed E-state index contributed by atoms with van der Waals surface area (Å²) >= 11 is 0. The molecule has 0 aliphatic carbocycles. The quantitative estimate of drug-likeness (QED) is 0.913. The molecule has 2 amide bonds. The number of aromatic nitrogens is 2. The maximum atomic E-state index is 12.6. The van der Waals surface area contributed by atoms with Crippen molar-refractivity contribution in [2.24, 2.45) is 0 Å². The van der Waals surface area contributed by atoms with Crippen LogP contribution in [-0.4, -0.2) is 52.9 Å². The van der Waals surface area contributed by atoms with Crippen molar-refractivity contribution in [2.75, 3.05) is 36.4 Å². The number of hydrogen-bond acceptors (Lipinski definition) is 5. The van der Waals surface area contributed by atoms with E-state index in [0.717, 1.165) is 17.1 Å². The van der Waals surface area contributed by atoms with Crippen molar-refractivity contribution in [1.29, 1.82) is 0 Å². The van der Waals surface area contributed by atoms with Gasteiger partial charge in [-0.1, -0.05) is 12.1 Å². The number of benzene rings is 1. The van der Waals surface area contributed by atoms with Gasteiger partial charge in [0.2, 0.25) is 5.91 Å². The molecule has 1 aliphatic heterocycles. The van der Waals surface area contributed by atoms with Crippen molar-refractivity contribution < 1.29 is 9.59 Å². The van der Waals surface area contributed by atoms with E-state index in [2.05, 4.69) is 20.2 Å². The summed E-state index contributed by atoms with van der Waals surface area (Å²) in [6.45, 7) is 8.02. The summed E-state index contributed by atoms with van der Waals surface area (Å²) in [6.07, 6.45) is 0. The number of hydrogen-bond donors (Lipinski definition) is 1. The van der Waals surface area contributed by atoms with E-state index in [1.807, 2.05) is 36.1 Å². The highest BCUT2D eigenvalue weighted by atomic mass is 16.2. The number of rotatable bonds is 3. The largest absolute Gasteiger partial charge is 0.353 e. The SMILES string of the molecule is CC(=O)N1CCN(c2cc(C(=O)Nc3cccc(C)c3)nc(C)n2)CC1. The van der Waals surface area contributed by atoms with Gasteiger partial charge in [0.1, 0.15) is 17.3 Å². The predicted molar refractivity (Wildman–Crippen MR) is 100 cm³/mol. The molecule has 1 saturated heterocycles. The van der Waals surface area contributed by atoms with E-state index in [4.69, 9.17) is 0 Å². The molecule has 2 aromatic rings. The molecule has 0 atom stereocenters. The first kappa shape index (κ1) is 17.8. The Bertz CT molecular complexity index is 828. The van der Waals surface area contributed by atoms with E-state index in [0.29, 0.717) is 37.7 Å². The Labute approximate surface area is 153 Å². The van der Waals surface area contributed by atoms with Crippen molar-refractivity contribution in [2.45, 2.75) is 20.8 Å². The highest BCUT2D eigenvalue weighted by molar-refractivity contribution is 6.03. The number of aryl methyl sites for hydroxylation is 2. The van der Waals surface area contributed by atoms with E-state index in [-0.39, 0.29) is 11.8 Å². The maximum Gasteiger partial charge on any atom is 0.274 e. The van der Waals surface area contributed by atoms with Gasteiger partial charge in [0, 0.05) is 44.9 Å². The van der Waals surface area contributed by atoms with Crippen molar-refractivity contribution in [3.05, 3.63) is 47.4 Å². The molecule has 1 aromatic carbocycles. The molecule has 0 radical (unpaired) electrons. The Morgan fingerprint density at radius 3 is 2.42 bits per heavy atom. The van der Waals surface area contributed by atoms with Gasteiger partial charge in [0.05, 0.1) is 0 Å². The average Bonchev–Trinajstić information content (AvgIpc) is 2.61. The minimum absolute atomic E-state index is 0.0849. The van der Waals surface area contributed by atoms with Crippen LogP contribution in [0.15, 0.2) is 30.3 Å². The Kier molecular flexibility index (Phi) is 5.16. The number of carbonyl (C=O) groups is 2. The first-order chi connectivity index (χ1) is 12.4. The second kappa shape index (κ2) is 7.51. The highest BCUT2D eigenvalue weighted by Gasteiger charge is 2.21. The first-order valence-electron chi connectivity index (χ1n) is 8.66. The van der Waals surface area contributed by atoms with Crippen LogP contribution in [0, 0.1) is 13.8 Å². The van der Waals surface area contributed by atoms with Crippen LogP contribution in [0.25, 0.3) is 0 Å². The zero-order chi connectivity index (χ0) is 18.7. The van der Waals surface area contributed by atoms with Crippen LogP contribution in [0.4, 0.5) is 11.5 Å². The molecule has 0 bridgehead atoms. The van der Waals surface area contributed by atoms with Crippen molar-refractivity contribution >= 4 is 23.3 Å². The smallest absolute Gasteiger partial charge is 0.274 e. The third kappa shape index (κ3) is 4.17. The molecule has 26 heavy (non-hydrogen) atoms. The number of piperazine rings is 1. The fraction of sp³-hybridized carbons (Fsp3) is 0.368. The molecule has 7 heteroatoms. The minimum Gasteiger partial charge on any atom is -0.353 e. The molecular formula is C19H23N5O2. The second-order valence-corrected chi connectivity index (χ2v) is 6.48. The minimum atomic E-state index is -0.260. The summed E-state index contributed by atoms with van der Waals surface area (Å²) in [7, 11) is 0. The second-order valence-electron chi connectivity index (χ2n) is 6.48. The summed E-state index contributed by atoms with van der Waals surface area (Å²) in [6, 6.07) is 9.34. The van der Waals surface area contributed by atoms with Gasteiger partial charge in [0.25, 0.3) is 5.91 Å². The van der Waals surface area contributed by atoms with Gasteiger partial charge in [-0.05, 0) is 31.5 Å². The van der Waals surface area contributed by atoms with Crippen LogP contribution >= 0.6 is 0 Å². The van der Waals surface area contributed by atoms with Crippen LogP contribution in [0.2, 0.25) is 0 Å². The normalized spacial score (nSPS) is 14.3. The molecule has 1 aliphatic rings. The van der Waals surface area contributed by atoms with Gasteiger partial charge in [-0.3, -0.25) is 9.59 Å². The Morgan fingerprint density at radius 1 is 1.04 bits per heavy atom. The summed E-state index contributed by atoms with van der Waals surface area (Å²) in [4.78, 5) is 36.7. The van der Waals surface area contributed by atoms with E-state index >= 15 is 0 Å². The predicted octanol–water partition coefficient (Wildman–Crippen LogP) is 2.01. The highest BCUT2D eigenvalue weighted by Crippen LogP contribution is 2.17. The van der Waals surface area contributed by atoms with Gasteiger partial charge in [-0.25, -0.2) is 9.97 Å². The van der Waals surface area contributed by atoms with Crippen molar-refractivity contribution in [3.8, 4) is 0 Å². The Morgan fingerprint density at radius 2 is 1.77 bits per heavy atom. The van der Waals surface area contributed by atoms with Gasteiger partial charge < -0.3 is 15.1 Å². The lowest BCUT2D eigenvalue weighted by molar-refractivity contribution is -0.129. The molecular weight excluding hydrogens is 330 g/mol. The monoisotopic (exact) mass is 353 g/mol. The topological polar surface area (TPSA) is 78.4 Å². The molecule has 1 N–H and O–H groups in total. The number of anilines is 2. The first-order valence-corrected chi connectivity index (χ1v) is 8.66. The van der Waals surface area contributed by atoms with Crippen LogP contribution in [-0.2, 0) is 4.79 Å². The summed E-state index contributed by atoms with van der Waals surface area (Å²) in [5, 5.41) is 2.88. The average molecular weight is 353 g/mol. The number of nitrogens with one attached hydrogen (secondary N) is 1. The third-order valence-corrected chi connectivity index (χ3v) is 4.38. The van der Waals surface area contributed by atoms with E-state index < -0.39 is 0 Å². The molecule has 0 spiro atoms. The fourth-order valence-electron chi connectivity index (χ4n) is 3.00. The van der Waals surface area contributed by atoms with E-state index in [1.165, 1.54) is 0 Å². The molecule has 1 aromatic heterocycles. The molecule has 2 heterocycles. The molecule has 3 rings (SSSR count). The zero-order valence-electron chi connectivity index (χ0n) is 15.3. The lowest BCUT2D eigenvalue weighted by Gasteiger charge is -2.35.